The predicted molar refractivity (Wildman–Crippen MR) is 82.1 cm³/mol. The summed E-state index contributed by atoms with van der Waals surface area (Å²) in [6, 6.07) is 12.4. The fourth-order valence-corrected chi connectivity index (χ4v) is 3.38. The van der Waals surface area contributed by atoms with Crippen LogP contribution < -0.4 is 0 Å². The van der Waals surface area contributed by atoms with Gasteiger partial charge in [-0.2, -0.15) is 13.2 Å². The zero-order valence-electron chi connectivity index (χ0n) is 12.6. The van der Waals surface area contributed by atoms with Crippen LogP contribution in [0.4, 0.5) is 13.2 Å². The van der Waals surface area contributed by atoms with Crippen LogP contribution in [0.5, 0.6) is 0 Å². The molecule has 0 aliphatic heterocycles. The molecule has 0 fully saturated rings. The van der Waals surface area contributed by atoms with Gasteiger partial charge >= 0.3 is 6.18 Å². The van der Waals surface area contributed by atoms with Crippen LogP contribution in [-0.2, 0) is 12.6 Å². The average Bonchev–Trinajstić information content (AvgIpc) is 2.50. The summed E-state index contributed by atoms with van der Waals surface area (Å²) in [5.41, 5.74) is 3.81. The summed E-state index contributed by atoms with van der Waals surface area (Å²) in [4.78, 5) is 0. The Morgan fingerprint density at radius 3 is 2.45 bits per heavy atom. The molecule has 0 bridgehead atoms. The summed E-state index contributed by atoms with van der Waals surface area (Å²) >= 11 is 0. The lowest BCUT2D eigenvalue weighted by Gasteiger charge is -2.29. The fourth-order valence-electron chi connectivity index (χ4n) is 3.38. The van der Waals surface area contributed by atoms with Crippen molar-refractivity contribution in [3.8, 4) is 0 Å². The van der Waals surface area contributed by atoms with E-state index in [0.29, 0.717) is 0 Å². The van der Waals surface area contributed by atoms with Gasteiger partial charge in [-0.25, -0.2) is 0 Å². The number of unbranched alkanes of at least 4 members (excludes halogenated alkanes) is 1. The van der Waals surface area contributed by atoms with E-state index in [9.17, 15) is 13.2 Å². The van der Waals surface area contributed by atoms with Crippen molar-refractivity contribution in [1.29, 1.82) is 0 Å². The maximum Gasteiger partial charge on any atom is 0.416 e. The molecule has 22 heavy (non-hydrogen) atoms. The normalized spacial score (nSPS) is 17.0. The minimum absolute atomic E-state index is 0.0854. The molecule has 0 spiro atoms. The molecule has 0 saturated heterocycles. The van der Waals surface area contributed by atoms with Gasteiger partial charge in [0.15, 0.2) is 0 Å². The van der Waals surface area contributed by atoms with Crippen molar-refractivity contribution in [3.05, 3.63) is 70.3 Å². The van der Waals surface area contributed by atoms with Crippen LogP contribution in [0.25, 0.3) is 0 Å². The van der Waals surface area contributed by atoms with Crippen molar-refractivity contribution >= 4 is 0 Å². The Balaban J connectivity index is 2.08. The standard InChI is InChI=1S/C19H19F3/c1-2-3-7-17-16-8-5-4-6-13(16)11-14-9-10-15(12-18(14)17)19(20,21)22/h4-6,8-10,12,17H,2-3,7,11H2,1H3. The van der Waals surface area contributed by atoms with Crippen molar-refractivity contribution in [2.45, 2.75) is 44.7 Å². The first-order chi connectivity index (χ1) is 10.5. The zero-order valence-corrected chi connectivity index (χ0v) is 12.6. The molecule has 0 radical (unpaired) electrons. The van der Waals surface area contributed by atoms with Crippen LogP contribution in [0.1, 0.15) is 59.9 Å². The smallest absolute Gasteiger partial charge is 0.166 e. The maximum absolute atomic E-state index is 13.0. The summed E-state index contributed by atoms with van der Waals surface area (Å²) in [6.45, 7) is 2.11. The highest BCUT2D eigenvalue weighted by Gasteiger charge is 2.33. The second kappa shape index (κ2) is 5.79. The van der Waals surface area contributed by atoms with Gasteiger partial charge in [0, 0.05) is 5.92 Å². The Hall–Kier alpha value is -1.77. The molecule has 1 aliphatic carbocycles. The van der Waals surface area contributed by atoms with Gasteiger partial charge in [0.2, 0.25) is 0 Å². The molecule has 0 nitrogen and oxygen atoms in total. The molecule has 2 aromatic rings. The van der Waals surface area contributed by atoms with Gasteiger partial charge in [0.1, 0.15) is 0 Å². The van der Waals surface area contributed by atoms with E-state index in [-0.39, 0.29) is 5.92 Å². The Kier molecular flexibility index (Phi) is 3.98. The Bertz CT molecular complexity index is 671. The largest absolute Gasteiger partial charge is 0.416 e. The predicted octanol–water partition coefficient (Wildman–Crippen LogP) is 5.93. The van der Waals surface area contributed by atoms with Crippen LogP contribution in [0.2, 0.25) is 0 Å². The highest BCUT2D eigenvalue weighted by Crippen LogP contribution is 2.42. The Morgan fingerprint density at radius 1 is 1.00 bits per heavy atom. The third kappa shape index (κ3) is 2.77. The van der Waals surface area contributed by atoms with Gasteiger partial charge in [-0.05, 0) is 47.2 Å². The molecule has 0 saturated carbocycles. The second-order valence-electron chi connectivity index (χ2n) is 5.98. The number of hydrogen-bond donors (Lipinski definition) is 0. The van der Waals surface area contributed by atoms with E-state index in [1.54, 1.807) is 6.07 Å². The van der Waals surface area contributed by atoms with E-state index in [0.717, 1.165) is 36.8 Å². The van der Waals surface area contributed by atoms with E-state index < -0.39 is 11.7 Å². The van der Waals surface area contributed by atoms with Crippen molar-refractivity contribution < 1.29 is 13.2 Å². The minimum Gasteiger partial charge on any atom is -0.166 e. The van der Waals surface area contributed by atoms with Gasteiger partial charge in [-0.1, -0.05) is 50.1 Å². The van der Waals surface area contributed by atoms with Crippen LogP contribution in [0.3, 0.4) is 0 Å². The summed E-state index contributed by atoms with van der Waals surface area (Å²) < 4.78 is 39.1. The monoisotopic (exact) mass is 304 g/mol. The SMILES string of the molecule is CCCCC1c2ccccc2Cc2ccc(C(F)(F)F)cc21. The third-order valence-corrected chi connectivity index (χ3v) is 4.51. The van der Waals surface area contributed by atoms with E-state index in [1.807, 2.05) is 12.1 Å². The topological polar surface area (TPSA) is 0 Å². The van der Waals surface area contributed by atoms with Crippen molar-refractivity contribution in [2.24, 2.45) is 0 Å². The van der Waals surface area contributed by atoms with E-state index in [2.05, 4.69) is 19.1 Å². The van der Waals surface area contributed by atoms with Gasteiger partial charge in [-0.3, -0.25) is 0 Å². The molecule has 1 aliphatic rings. The lowest BCUT2D eigenvalue weighted by atomic mass is 9.75. The summed E-state index contributed by atoms with van der Waals surface area (Å²) in [6.07, 6.45) is -0.572. The van der Waals surface area contributed by atoms with Crippen LogP contribution in [0, 0.1) is 0 Å². The summed E-state index contributed by atoms with van der Waals surface area (Å²) in [5.74, 6) is 0.0854. The number of benzene rings is 2. The minimum atomic E-state index is -4.28. The maximum atomic E-state index is 13.0. The average molecular weight is 304 g/mol. The molecule has 0 aromatic heterocycles. The van der Waals surface area contributed by atoms with Crippen molar-refractivity contribution in [1.82, 2.24) is 0 Å². The third-order valence-electron chi connectivity index (χ3n) is 4.51. The summed E-state index contributed by atoms with van der Waals surface area (Å²) in [7, 11) is 0. The molecule has 0 heterocycles. The van der Waals surface area contributed by atoms with Gasteiger partial charge in [-0.15, -0.1) is 0 Å². The molecule has 3 heteroatoms. The van der Waals surface area contributed by atoms with Crippen molar-refractivity contribution in [2.75, 3.05) is 0 Å². The number of fused-ring (bicyclic) bond motifs is 2. The quantitative estimate of drug-likeness (QED) is 0.659. The molecule has 0 amide bonds. The van der Waals surface area contributed by atoms with Crippen LogP contribution in [0.15, 0.2) is 42.5 Å². The lowest BCUT2D eigenvalue weighted by Crippen LogP contribution is -2.16. The van der Waals surface area contributed by atoms with Crippen molar-refractivity contribution in [3.63, 3.8) is 0 Å². The number of rotatable bonds is 3. The fraction of sp³-hybridized carbons (Fsp3) is 0.368. The van der Waals surface area contributed by atoms with E-state index >= 15 is 0 Å². The molecular formula is C19H19F3. The highest BCUT2D eigenvalue weighted by atomic mass is 19.4. The zero-order chi connectivity index (χ0) is 15.7. The molecule has 2 aromatic carbocycles. The van der Waals surface area contributed by atoms with E-state index in [4.69, 9.17) is 0 Å². The number of halogens is 3. The molecule has 3 rings (SSSR count). The van der Waals surface area contributed by atoms with Crippen LogP contribution >= 0.6 is 0 Å². The first-order valence-electron chi connectivity index (χ1n) is 7.78. The van der Waals surface area contributed by atoms with Gasteiger partial charge < -0.3 is 0 Å². The molecule has 1 unspecified atom stereocenters. The number of alkyl halides is 3. The first-order valence-corrected chi connectivity index (χ1v) is 7.78. The van der Waals surface area contributed by atoms with Gasteiger partial charge in [0.25, 0.3) is 0 Å². The first kappa shape index (κ1) is 15.1. The molecule has 116 valence electrons. The molecule has 0 N–H and O–H groups in total. The van der Waals surface area contributed by atoms with Gasteiger partial charge in [0.05, 0.1) is 5.56 Å². The highest BCUT2D eigenvalue weighted by molar-refractivity contribution is 5.50. The van der Waals surface area contributed by atoms with E-state index in [1.165, 1.54) is 23.3 Å². The van der Waals surface area contributed by atoms with Crippen LogP contribution in [-0.4, -0.2) is 0 Å². The number of hydrogen-bond acceptors (Lipinski definition) is 0. The lowest BCUT2D eigenvalue weighted by molar-refractivity contribution is -0.137. The second-order valence-corrected chi connectivity index (χ2v) is 5.98. The Morgan fingerprint density at radius 2 is 1.73 bits per heavy atom. The molecule has 1 atom stereocenters. The summed E-state index contributed by atoms with van der Waals surface area (Å²) in [5, 5.41) is 0. The Labute approximate surface area is 129 Å². The molecular weight excluding hydrogens is 285 g/mol.